The molecule has 8 heteroatoms. The Bertz CT molecular complexity index is 1230. The predicted molar refractivity (Wildman–Crippen MR) is 119 cm³/mol. The van der Waals surface area contributed by atoms with Crippen molar-refractivity contribution in [3.63, 3.8) is 0 Å². The lowest BCUT2D eigenvalue weighted by molar-refractivity contribution is 0.102. The van der Waals surface area contributed by atoms with Crippen molar-refractivity contribution < 1.29 is 22.7 Å². The first-order chi connectivity index (χ1) is 14.9. The number of anilines is 2. The van der Waals surface area contributed by atoms with Gasteiger partial charge in [0.15, 0.2) is 0 Å². The van der Waals surface area contributed by atoms with Gasteiger partial charge in [-0.15, -0.1) is 0 Å². The first kappa shape index (κ1) is 20.7. The minimum Gasteiger partial charge on any atom is -0.497 e. The summed E-state index contributed by atoms with van der Waals surface area (Å²) in [5.41, 5.74) is 2.33. The van der Waals surface area contributed by atoms with Gasteiger partial charge in [-0.1, -0.05) is 18.2 Å². The largest absolute Gasteiger partial charge is 0.497 e. The standard InChI is InChI=1S/C23H22N2O5S/c1-29-18-9-11-22(30-2)20(15-18)24-23(26)17-8-10-21-16(14-17)12-13-25(21)31(27,28)19-6-4-3-5-7-19/h3-11,14-15H,12-13H2,1-2H3,(H,24,26). The van der Waals surface area contributed by atoms with E-state index in [4.69, 9.17) is 9.47 Å². The van der Waals surface area contributed by atoms with Gasteiger partial charge in [0.05, 0.1) is 30.5 Å². The molecule has 0 unspecified atom stereocenters. The summed E-state index contributed by atoms with van der Waals surface area (Å²) >= 11 is 0. The number of nitrogens with one attached hydrogen (secondary N) is 1. The fourth-order valence-corrected chi connectivity index (χ4v) is 5.11. The SMILES string of the molecule is COc1ccc(OC)c(NC(=O)c2ccc3c(c2)CCN3S(=O)(=O)c2ccccc2)c1. The van der Waals surface area contributed by atoms with Crippen LogP contribution in [0.2, 0.25) is 0 Å². The number of methoxy groups -OCH3 is 2. The number of fused-ring (bicyclic) bond motifs is 1. The third-order valence-corrected chi connectivity index (χ3v) is 7.01. The summed E-state index contributed by atoms with van der Waals surface area (Å²) in [7, 11) is -0.581. The van der Waals surface area contributed by atoms with Crippen LogP contribution in [0.1, 0.15) is 15.9 Å². The Hall–Kier alpha value is -3.52. The summed E-state index contributed by atoms with van der Waals surface area (Å²) < 4.78 is 37.9. The van der Waals surface area contributed by atoms with Crippen molar-refractivity contribution in [3.8, 4) is 11.5 Å². The van der Waals surface area contributed by atoms with Gasteiger partial charge in [0.1, 0.15) is 11.5 Å². The quantitative estimate of drug-likeness (QED) is 0.634. The van der Waals surface area contributed by atoms with Crippen LogP contribution < -0.4 is 19.1 Å². The summed E-state index contributed by atoms with van der Waals surface area (Å²) in [6.07, 6.45) is 0.533. The van der Waals surface area contributed by atoms with E-state index in [-0.39, 0.29) is 10.8 Å². The van der Waals surface area contributed by atoms with Gasteiger partial charge in [0.2, 0.25) is 0 Å². The molecule has 0 aromatic heterocycles. The molecule has 0 atom stereocenters. The molecule has 0 saturated carbocycles. The maximum atomic E-state index is 13.0. The highest BCUT2D eigenvalue weighted by Gasteiger charge is 2.31. The zero-order chi connectivity index (χ0) is 22.0. The van der Waals surface area contributed by atoms with E-state index < -0.39 is 10.0 Å². The van der Waals surface area contributed by atoms with E-state index in [1.54, 1.807) is 73.8 Å². The molecule has 3 aromatic rings. The second kappa shape index (κ2) is 8.31. The predicted octanol–water partition coefficient (Wildman–Crippen LogP) is 3.71. The van der Waals surface area contributed by atoms with Gasteiger partial charge in [-0.05, 0) is 54.4 Å². The van der Waals surface area contributed by atoms with Crippen LogP contribution in [-0.4, -0.2) is 35.1 Å². The van der Waals surface area contributed by atoms with Crippen LogP contribution in [0.3, 0.4) is 0 Å². The lowest BCUT2D eigenvalue weighted by Gasteiger charge is -2.19. The van der Waals surface area contributed by atoms with Crippen molar-refractivity contribution in [2.24, 2.45) is 0 Å². The van der Waals surface area contributed by atoms with Gasteiger partial charge >= 0.3 is 0 Å². The number of amides is 1. The minimum absolute atomic E-state index is 0.245. The topological polar surface area (TPSA) is 84.9 Å². The number of benzene rings is 3. The molecule has 0 aliphatic carbocycles. The number of carbonyl (C=O) groups excluding carboxylic acids is 1. The molecule has 0 spiro atoms. The fourth-order valence-electron chi connectivity index (χ4n) is 3.59. The molecule has 0 saturated heterocycles. The maximum Gasteiger partial charge on any atom is 0.264 e. The van der Waals surface area contributed by atoms with E-state index in [1.807, 2.05) is 0 Å². The molecule has 7 nitrogen and oxygen atoms in total. The maximum absolute atomic E-state index is 13.0. The molecule has 1 aliphatic heterocycles. The van der Waals surface area contributed by atoms with E-state index in [0.29, 0.717) is 41.4 Å². The third kappa shape index (κ3) is 3.94. The van der Waals surface area contributed by atoms with Gasteiger partial charge < -0.3 is 14.8 Å². The highest BCUT2D eigenvalue weighted by atomic mass is 32.2. The van der Waals surface area contributed by atoms with Crippen molar-refractivity contribution in [2.45, 2.75) is 11.3 Å². The molecule has 1 aliphatic rings. The van der Waals surface area contributed by atoms with Gasteiger partial charge in [-0.3, -0.25) is 9.10 Å². The number of hydrogen-bond acceptors (Lipinski definition) is 5. The van der Waals surface area contributed by atoms with E-state index in [1.165, 1.54) is 11.4 Å². The Morgan fingerprint density at radius 1 is 0.968 bits per heavy atom. The molecular formula is C23H22N2O5S. The molecule has 0 bridgehead atoms. The summed E-state index contributed by atoms with van der Waals surface area (Å²) in [4.78, 5) is 13.1. The number of ether oxygens (including phenoxy) is 2. The first-order valence-electron chi connectivity index (χ1n) is 9.68. The molecule has 0 radical (unpaired) electrons. The zero-order valence-electron chi connectivity index (χ0n) is 17.2. The molecular weight excluding hydrogens is 416 g/mol. The molecule has 0 fully saturated rings. The van der Waals surface area contributed by atoms with Crippen LogP contribution in [0.25, 0.3) is 0 Å². The van der Waals surface area contributed by atoms with Crippen molar-refractivity contribution >= 4 is 27.3 Å². The second-order valence-electron chi connectivity index (χ2n) is 7.00. The molecule has 1 N–H and O–H groups in total. The zero-order valence-corrected chi connectivity index (χ0v) is 18.0. The average Bonchev–Trinajstić information content (AvgIpc) is 3.23. The van der Waals surface area contributed by atoms with Crippen molar-refractivity contribution in [3.05, 3.63) is 77.9 Å². The molecule has 160 valence electrons. The van der Waals surface area contributed by atoms with Crippen molar-refractivity contribution in [2.75, 3.05) is 30.4 Å². The normalized spacial score (nSPS) is 12.9. The Morgan fingerprint density at radius 3 is 2.45 bits per heavy atom. The second-order valence-corrected chi connectivity index (χ2v) is 8.87. The summed E-state index contributed by atoms with van der Waals surface area (Å²) in [5, 5.41) is 2.84. The molecule has 31 heavy (non-hydrogen) atoms. The lowest BCUT2D eigenvalue weighted by atomic mass is 10.1. The van der Waals surface area contributed by atoms with Crippen LogP contribution in [0.15, 0.2) is 71.6 Å². The van der Waals surface area contributed by atoms with Gasteiger partial charge in [-0.25, -0.2) is 8.42 Å². The third-order valence-electron chi connectivity index (χ3n) is 5.18. The summed E-state index contributed by atoms with van der Waals surface area (Å²) in [5.74, 6) is 0.779. The Labute approximate surface area is 181 Å². The van der Waals surface area contributed by atoms with Crippen molar-refractivity contribution in [1.29, 1.82) is 0 Å². The minimum atomic E-state index is -3.65. The van der Waals surface area contributed by atoms with Crippen LogP contribution in [0.5, 0.6) is 11.5 Å². The number of sulfonamides is 1. The van der Waals surface area contributed by atoms with E-state index in [0.717, 1.165) is 5.56 Å². The molecule has 3 aromatic carbocycles. The molecule has 4 rings (SSSR count). The number of hydrogen-bond donors (Lipinski definition) is 1. The van der Waals surface area contributed by atoms with Crippen LogP contribution >= 0.6 is 0 Å². The Kier molecular flexibility index (Phi) is 5.56. The number of carbonyl (C=O) groups is 1. The smallest absolute Gasteiger partial charge is 0.264 e. The van der Waals surface area contributed by atoms with E-state index >= 15 is 0 Å². The average molecular weight is 439 g/mol. The monoisotopic (exact) mass is 438 g/mol. The highest BCUT2D eigenvalue weighted by molar-refractivity contribution is 7.92. The van der Waals surface area contributed by atoms with E-state index in [2.05, 4.69) is 5.32 Å². The Morgan fingerprint density at radius 2 is 1.74 bits per heavy atom. The molecule has 1 heterocycles. The van der Waals surface area contributed by atoms with Crippen LogP contribution in [-0.2, 0) is 16.4 Å². The van der Waals surface area contributed by atoms with Gasteiger partial charge in [0.25, 0.3) is 15.9 Å². The lowest BCUT2D eigenvalue weighted by Crippen LogP contribution is -2.29. The van der Waals surface area contributed by atoms with E-state index in [9.17, 15) is 13.2 Å². The fraction of sp³-hybridized carbons (Fsp3) is 0.174. The van der Waals surface area contributed by atoms with Gasteiger partial charge in [-0.2, -0.15) is 0 Å². The van der Waals surface area contributed by atoms with Gasteiger partial charge in [0, 0.05) is 18.2 Å². The highest BCUT2D eigenvalue weighted by Crippen LogP contribution is 2.34. The van der Waals surface area contributed by atoms with Crippen molar-refractivity contribution in [1.82, 2.24) is 0 Å². The Balaban J connectivity index is 1.59. The van der Waals surface area contributed by atoms with Crippen LogP contribution in [0, 0.1) is 0 Å². The first-order valence-corrected chi connectivity index (χ1v) is 11.1. The number of nitrogens with zero attached hydrogens (tertiary/aromatic N) is 1. The summed E-state index contributed by atoms with van der Waals surface area (Å²) in [6, 6.07) is 18.5. The number of rotatable bonds is 6. The van der Waals surface area contributed by atoms with Crippen LogP contribution in [0.4, 0.5) is 11.4 Å². The molecule has 1 amide bonds. The summed E-state index contributed by atoms with van der Waals surface area (Å²) in [6.45, 7) is 0.335.